The number of carbonyl (C=O) groups is 1. The fourth-order valence-electron chi connectivity index (χ4n) is 2.44. The molecule has 1 aromatic rings. The SMILES string of the molecule is CCCc1ccc(C(=O)N(C)C2CCNC2)cc1. The molecule has 0 saturated carbocycles. The van der Waals surface area contributed by atoms with Gasteiger partial charge in [-0.05, 0) is 37.1 Å². The summed E-state index contributed by atoms with van der Waals surface area (Å²) in [6.07, 6.45) is 3.27. The molecule has 1 unspecified atom stereocenters. The Hall–Kier alpha value is -1.35. The zero-order chi connectivity index (χ0) is 13.0. The number of nitrogens with one attached hydrogen (secondary N) is 1. The van der Waals surface area contributed by atoms with E-state index in [2.05, 4.69) is 24.4 Å². The molecule has 0 radical (unpaired) electrons. The first-order valence-electron chi connectivity index (χ1n) is 6.79. The molecule has 2 rings (SSSR count). The predicted molar refractivity (Wildman–Crippen MR) is 73.8 cm³/mol. The van der Waals surface area contributed by atoms with E-state index in [-0.39, 0.29) is 5.91 Å². The van der Waals surface area contributed by atoms with Crippen molar-refractivity contribution < 1.29 is 4.79 Å². The highest BCUT2D eigenvalue weighted by Crippen LogP contribution is 2.13. The maximum atomic E-state index is 12.3. The lowest BCUT2D eigenvalue weighted by molar-refractivity contribution is 0.0744. The third-order valence-corrected chi connectivity index (χ3v) is 3.64. The molecule has 0 spiro atoms. The van der Waals surface area contributed by atoms with E-state index in [1.807, 2.05) is 24.1 Å². The first kappa shape index (κ1) is 13.1. The zero-order valence-electron chi connectivity index (χ0n) is 11.3. The van der Waals surface area contributed by atoms with E-state index < -0.39 is 0 Å². The molecule has 1 N–H and O–H groups in total. The van der Waals surface area contributed by atoms with Crippen molar-refractivity contribution in [2.75, 3.05) is 20.1 Å². The predicted octanol–water partition coefficient (Wildman–Crippen LogP) is 2.07. The van der Waals surface area contributed by atoms with Gasteiger partial charge in [-0.1, -0.05) is 25.5 Å². The lowest BCUT2D eigenvalue weighted by atomic mass is 10.1. The van der Waals surface area contributed by atoms with E-state index in [1.165, 1.54) is 5.56 Å². The van der Waals surface area contributed by atoms with Crippen LogP contribution in [0.5, 0.6) is 0 Å². The molecule has 1 atom stereocenters. The number of amides is 1. The Morgan fingerprint density at radius 2 is 2.11 bits per heavy atom. The van der Waals surface area contributed by atoms with Crippen molar-refractivity contribution in [3.8, 4) is 0 Å². The second-order valence-electron chi connectivity index (χ2n) is 5.01. The molecule has 98 valence electrons. The maximum Gasteiger partial charge on any atom is 0.253 e. The number of nitrogens with zero attached hydrogens (tertiary/aromatic N) is 1. The van der Waals surface area contributed by atoms with Crippen molar-refractivity contribution in [1.82, 2.24) is 10.2 Å². The molecule has 3 heteroatoms. The van der Waals surface area contributed by atoms with Crippen molar-refractivity contribution >= 4 is 5.91 Å². The van der Waals surface area contributed by atoms with Gasteiger partial charge in [0.05, 0.1) is 0 Å². The molecule has 1 aromatic carbocycles. The molecule has 18 heavy (non-hydrogen) atoms. The monoisotopic (exact) mass is 246 g/mol. The van der Waals surface area contributed by atoms with Gasteiger partial charge in [0.1, 0.15) is 0 Å². The molecule has 1 aliphatic rings. The molecule has 0 aromatic heterocycles. The summed E-state index contributed by atoms with van der Waals surface area (Å²) in [5, 5.41) is 3.29. The molecule has 0 bridgehead atoms. The normalized spacial score (nSPS) is 18.9. The summed E-state index contributed by atoms with van der Waals surface area (Å²) < 4.78 is 0. The van der Waals surface area contributed by atoms with Gasteiger partial charge in [-0.2, -0.15) is 0 Å². The van der Waals surface area contributed by atoms with Crippen molar-refractivity contribution in [1.29, 1.82) is 0 Å². The summed E-state index contributed by atoms with van der Waals surface area (Å²) in [5.41, 5.74) is 2.10. The number of likely N-dealkylation sites (N-methyl/N-ethyl adjacent to an activating group) is 1. The largest absolute Gasteiger partial charge is 0.337 e. The fourth-order valence-corrected chi connectivity index (χ4v) is 2.44. The standard InChI is InChI=1S/C15H22N2O/c1-3-4-12-5-7-13(8-6-12)15(18)17(2)14-9-10-16-11-14/h5-8,14,16H,3-4,9-11H2,1-2H3. The van der Waals surface area contributed by atoms with E-state index >= 15 is 0 Å². The minimum Gasteiger partial charge on any atom is -0.337 e. The molecule has 3 nitrogen and oxygen atoms in total. The van der Waals surface area contributed by atoms with Crippen LogP contribution in [0.15, 0.2) is 24.3 Å². The van der Waals surface area contributed by atoms with Crippen LogP contribution in [-0.4, -0.2) is 37.0 Å². The molecular weight excluding hydrogens is 224 g/mol. The summed E-state index contributed by atoms with van der Waals surface area (Å²) >= 11 is 0. The van der Waals surface area contributed by atoms with Gasteiger partial charge in [0.25, 0.3) is 5.91 Å². The van der Waals surface area contributed by atoms with Crippen molar-refractivity contribution in [3.05, 3.63) is 35.4 Å². The molecular formula is C15H22N2O. The molecule has 1 heterocycles. The second-order valence-corrected chi connectivity index (χ2v) is 5.01. The van der Waals surface area contributed by atoms with Crippen LogP contribution >= 0.6 is 0 Å². The number of aryl methyl sites for hydroxylation is 1. The Morgan fingerprint density at radius 3 is 2.67 bits per heavy atom. The van der Waals surface area contributed by atoms with Crippen molar-refractivity contribution in [2.45, 2.75) is 32.2 Å². The summed E-state index contributed by atoms with van der Waals surface area (Å²) in [5.74, 6) is 0.131. The van der Waals surface area contributed by atoms with Crippen LogP contribution in [0.1, 0.15) is 35.7 Å². The topological polar surface area (TPSA) is 32.3 Å². The lowest BCUT2D eigenvalue weighted by Gasteiger charge is -2.23. The Kier molecular flexibility index (Phi) is 4.37. The first-order valence-corrected chi connectivity index (χ1v) is 6.79. The van der Waals surface area contributed by atoms with Gasteiger partial charge in [0.15, 0.2) is 0 Å². The van der Waals surface area contributed by atoms with Crippen LogP contribution in [-0.2, 0) is 6.42 Å². The van der Waals surface area contributed by atoms with Gasteiger partial charge in [-0.25, -0.2) is 0 Å². The average Bonchev–Trinajstić information content (AvgIpc) is 2.92. The van der Waals surface area contributed by atoms with E-state index in [0.717, 1.165) is 37.9 Å². The summed E-state index contributed by atoms with van der Waals surface area (Å²) in [7, 11) is 1.90. The molecule has 1 aliphatic heterocycles. The Balaban J connectivity index is 2.03. The van der Waals surface area contributed by atoms with Crippen LogP contribution < -0.4 is 5.32 Å². The zero-order valence-corrected chi connectivity index (χ0v) is 11.3. The Morgan fingerprint density at radius 1 is 1.39 bits per heavy atom. The Bertz CT molecular complexity index is 393. The van der Waals surface area contributed by atoms with E-state index in [1.54, 1.807) is 0 Å². The minimum atomic E-state index is 0.131. The number of benzene rings is 1. The summed E-state index contributed by atoms with van der Waals surface area (Å²) in [6.45, 7) is 4.09. The van der Waals surface area contributed by atoms with Gasteiger partial charge >= 0.3 is 0 Å². The van der Waals surface area contributed by atoms with Gasteiger partial charge in [-0.3, -0.25) is 4.79 Å². The van der Waals surface area contributed by atoms with E-state index in [4.69, 9.17) is 0 Å². The smallest absolute Gasteiger partial charge is 0.253 e. The average molecular weight is 246 g/mol. The molecule has 0 aliphatic carbocycles. The highest BCUT2D eigenvalue weighted by atomic mass is 16.2. The number of rotatable bonds is 4. The molecule has 1 fully saturated rings. The fraction of sp³-hybridized carbons (Fsp3) is 0.533. The first-order chi connectivity index (χ1) is 8.72. The van der Waals surface area contributed by atoms with Crippen LogP contribution in [0, 0.1) is 0 Å². The van der Waals surface area contributed by atoms with Crippen LogP contribution in [0.3, 0.4) is 0 Å². The lowest BCUT2D eigenvalue weighted by Crippen LogP contribution is -2.38. The van der Waals surface area contributed by atoms with Gasteiger partial charge < -0.3 is 10.2 Å². The molecule has 1 amide bonds. The Labute approximate surface area is 109 Å². The number of hydrogen-bond acceptors (Lipinski definition) is 2. The summed E-state index contributed by atoms with van der Waals surface area (Å²) in [6, 6.07) is 8.38. The molecule has 1 saturated heterocycles. The van der Waals surface area contributed by atoms with Crippen LogP contribution in [0.4, 0.5) is 0 Å². The third kappa shape index (κ3) is 2.91. The highest BCUT2D eigenvalue weighted by Gasteiger charge is 2.23. The van der Waals surface area contributed by atoms with Gasteiger partial charge in [0.2, 0.25) is 0 Å². The van der Waals surface area contributed by atoms with E-state index in [9.17, 15) is 4.79 Å². The minimum absolute atomic E-state index is 0.131. The van der Waals surface area contributed by atoms with Crippen LogP contribution in [0.25, 0.3) is 0 Å². The number of carbonyl (C=O) groups excluding carboxylic acids is 1. The number of hydrogen-bond donors (Lipinski definition) is 1. The highest BCUT2D eigenvalue weighted by molar-refractivity contribution is 5.94. The quantitative estimate of drug-likeness (QED) is 0.882. The maximum absolute atomic E-state index is 12.3. The van der Waals surface area contributed by atoms with Crippen molar-refractivity contribution in [3.63, 3.8) is 0 Å². The second kappa shape index (κ2) is 6.01. The summed E-state index contributed by atoms with van der Waals surface area (Å²) in [4.78, 5) is 14.2. The van der Waals surface area contributed by atoms with Gasteiger partial charge in [0, 0.05) is 25.2 Å². The van der Waals surface area contributed by atoms with Crippen LogP contribution in [0.2, 0.25) is 0 Å². The van der Waals surface area contributed by atoms with Crippen molar-refractivity contribution in [2.24, 2.45) is 0 Å². The third-order valence-electron chi connectivity index (χ3n) is 3.64. The van der Waals surface area contributed by atoms with E-state index in [0.29, 0.717) is 6.04 Å². The van der Waals surface area contributed by atoms with Gasteiger partial charge in [-0.15, -0.1) is 0 Å².